The van der Waals surface area contributed by atoms with Gasteiger partial charge in [-0.1, -0.05) is 35.5 Å². The van der Waals surface area contributed by atoms with Crippen molar-refractivity contribution in [3.8, 4) is 11.3 Å². The van der Waals surface area contributed by atoms with E-state index in [0.29, 0.717) is 12.2 Å². The summed E-state index contributed by atoms with van der Waals surface area (Å²) in [4.78, 5) is 0. The predicted octanol–water partition coefficient (Wildman–Crippen LogP) is 1.73. The molecule has 1 aliphatic rings. The first kappa shape index (κ1) is 9.54. The van der Waals surface area contributed by atoms with Crippen molar-refractivity contribution in [2.24, 2.45) is 0 Å². The maximum Gasteiger partial charge on any atom is 0.113 e. The number of benzene rings is 1. The molecule has 2 unspecified atom stereocenters. The molecule has 82 valence electrons. The monoisotopic (exact) mass is 215 g/mol. The summed E-state index contributed by atoms with van der Waals surface area (Å²) in [5, 5.41) is 8.24. The van der Waals surface area contributed by atoms with Crippen molar-refractivity contribution in [1.29, 1.82) is 0 Å². The van der Waals surface area contributed by atoms with Crippen LogP contribution in [0.2, 0.25) is 0 Å². The van der Waals surface area contributed by atoms with Crippen LogP contribution in [0.5, 0.6) is 0 Å². The number of epoxide rings is 1. The Labute approximate surface area is 93.9 Å². The second-order valence-corrected chi connectivity index (χ2v) is 4.07. The van der Waals surface area contributed by atoms with Crippen LogP contribution in [0, 0.1) is 0 Å². The van der Waals surface area contributed by atoms with E-state index in [4.69, 9.17) is 4.74 Å². The number of hydrogen-bond acceptors (Lipinski definition) is 3. The maximum absolute atomic E-state index is 5.35. The van der Waals surface area contributed by atoms with E-state index in [9.17, 15) is 0 Å². The van der Waals surface area contributed by atoms with Gasteiger partial charge in [-0.3, -0.25) is 0 Å². The summed E-state index contributed by atoms with van der Waals surface area (Å²) in [7, 11) is 0. The molecule has 2 heterocycles. The number of hydrogen-bond donors (Lipinski definition) is 0. The second kappa shape index (κ2) is 3.72. The Hall–Kier alpha value is -1.68. The highest BCUT2D eigenvalue weighted by Crippen LogP contribution is 2.23. The normalized spacial score (nSPS) is 23.3. The summed E-state index contributed by atoms with van der Waals surface area (Å²) in [5.41, 5.74) is 2.01. The van der Waals surface area contributed by atoms with Crippen molar-refractivity contribution in [3.05, 3.63) is 36.5 Å². The molecule has 1 fully saturated rings. The Bertz CT molecular complexity index is 480. The van der Waals surface area contributed by atoms with Gasteiger partial charge in [0.1, 0.15) is 11.8 Å². The molecule has 0 bridgehead atoms. The molecule has 0 radical (unpaired) electrons. The molecule has 4 heteroatoms. The average Bonchev–Trinajstić information content (AvgIpc) is 2.80. The molecule has 0 spiro atoms. The van der Waals surface area contributed by atoms with Gasteiger partial charge in [-0.25, -0.2) is 4.68 Å². The lowest BCUT2D eigenvalue weighted by Crippen LogP contribution is -2.06. The Kier molecular flexibility index (Phi) is 2.22. The van der Waals surface area contributed by atoms with E-state index in [-0.39, 0.29) is 0 Å². The summed E-state index contributed by atoms with van der Waals surface area (Å²) in [6, 6.07) is 10.1. The van der Waals surface area contributed by atoms with E-state index in [1.54, 1.807) is 0 Å². The van der Waals surface area contributed by atoms with E-state index in [1.807, 2.05) is 41.2 Å². The van der Waals surface area contributed by atoms with Crippen molar-refractivity contribution in [1.82, 2.24) is 15.0 Å². The molecule has 1 aliphatic heterocycles. The number of nitrogens with zero attached hydrogens (tertiary/aromatic N) is 3. The molecule has 1 saturated heterocycles. The Morgan fingerprint density at radius 1 is 1.31 bits per heavy atom. The molecule has 0 saturated carbocycles. The van der Waals surface area contributed by atoms with Gasteiger partial charge in [0.15, 0.2) is 0 Å². The lowest BCUT2D eigenvalue weighted by Gasteiger charge is -1.94. The first-order chi connectivity index (χ1) is 7.83. The molecule has 3 rings (SSSR count). The zero-order valence-corrected chi connectivity index (χ0v) is 9.08. The SMILES string of the molecule is CC1OC1Cn1cc(-c2ccccc2)nn1. The van der Waals surface area contributed by atoms with Crippen LogP contribution in [0.4, 0.5) is 0 Å². The zero-order chi connectivity index (χ0) is 11.0. The lowest BCUT2D eigenvalue weighted by atomic mass is 10.2. The summed E-state index contributed by atoms with van der Waals surface area (Å²) in [6.07, 6.45) is 2.64. The van der Waals surface area contributed by atoms with E-state index >= 15 is 0 Å². The number of aromatic nitrogens is 3. The van der Waals surface area contributed by atoms with Crippen molar-refractivity contribution < 1.29 is 4.74 Å². The largest absolute Gasteiger partial charge is 0.368 e. The van der Waals surface area contributed by atoms with Gasteiger partial charge in [-0.15, -0.1) is 5.10 Å². The first-order valence-electron chi connectivity index (χ1n) is 5.44. The van der Waals surface area contributed by atoms with Crippen molar-refractivity contribution in [3.63, 3.8) is 0 Å². The van der Waals surface area contributed by atoms with Crippen LogP contribution in [0.3, 0.4) is 0 Å². The number of rotatable bonds is 3. The van der Waals surface area contributed by atoms with Crippen LogP contribution < -0.4 is 0 Å². The van der Waals surface area contributed by atoms with E-state index in [1.165, 1.54) is 0 Å². The van der Waals surface area contributed by atoms with Gasteiger partial charge in [-0.2, -0.15) is 0 Å². The van der Waals surface area contributed by atoms with Gasteiger partial charge in [0.25, 0.3) is 0 Å². The minimum Gasteiger partial charge on any atom is -0.368 e. The van der Waals surface area contributed by atoms with Crippen LogP contribution in [-0.4, -0.2) is 27.2 Å². The molecule has 2 aromatic rings. The maximum atomic E-state index is 5.35. The average molecular weight is 215 g/mol. The van der Waals surface area contributed by atoms with E-state index in [2.05, 4.69) is 17.2 Å². The van der Waals surface area contributed by atoms with Crippen LogP contribution in [0.15, 0.2) is 36.5 Å². The van der Waals surface area contributed by atoms with Gasteiger partial charge in [0.2, 0.25) is 0 Å². The Morgan fingerprint density at radius 3 is 2.75 bits per heavy atom. The fourth-order valence-electron chi connectivity index (χ4n) is 1.74. The highest BCUT2D eigenvalue weighted by molar-refractivity contribution is 5.57. The van der Waals surface area contributed by atoms with E-state index in [0.717, 1.165) is 17.8 Å². The molecular formula is C12H13N3O. The standard InChI is InChI=1S/C12H13N3O/c1-9-12(16-9)8-15-7-11(13-14-15)10-5-3-2-4-6-10/h2-7,9,12H,8H2,1H3. The molecular weight excluding hydrogens is 202 g/mol. The van der Waals surface area contributed by atoms with Crippen LogP contribution in [0.25, 0.3) is 11.3 Å². The van der Waals surface area contributed by atoms with Crippen LogP contribution >= 0.6 is 0 Å². The van der Waals surface area contributed by atoms with Crippen LogP contribution in [0.1, 0.15) is 6.92 Å². The Morgan fingerprint density at radius 2 is 2.06 bits per heavy atom. The summed E-state index contributed by atoms with van der Waals surface area (Å²) in [5.74, 6) is 0. The molecule has 0 amide bonds. The van der Waals surface area contributed by atoms with Gasteiger partial charge < -0.3 is 4.74 Å². The lowest BCUT2D eigenvalue weighted by molar-refractivity contribution is 0.352. The van der Waals surface area contributed by atoms with E-state index < -0.39 is 0 Å². The van der Waals surface area contributed by atoms with Gasteiger partial charge in [0.05, 0.1) is 18.8 Å². The summed E-state index contributed by atoms with van der Waals surface area (Å²) >= 11 is 0. The van der Waals surface area contributed by atoms with Gasteiger partial charge in [-0.05, 0) is 6.92 Å². The number of ether oxygens (including phenoxy) is 1. The minimum atomic E-state index is 0.310. The third-order valence-corrected chi connectivity index (χ3v) is 2.81. The first-order valence-corrected chi connectivity index (χ1v) is 5.44. The minimum absolute atomic E-state index is 0.310. The van der Waals surface area contributed by atoms with Crippen molar-refractivity contribution in [2.45, 2.75) is 25.7 Å². The zero-order valence-electron chi connectivity index (χ0n) is 9.08. The third kappa shape index (κ3) is 1.84. The Balaban J connectivity index is 1.77. The molecule has 1 aromatic carbocycles. The smallest absolute Gasteiger partial charge is 0.113 e. The van der Waals surface area contributed by atoms with Crippen molar-refractivity contribution >= 4 is 0 Å². The van der Waals surface area contributed by atoms with Crippen molar-refractivity contribution in [2.75, 3.05) is 0 Å². The fourth-order valence-corrected chi connectivity index (χ4v) is 1.74. The van der Waals surface area contributed by atoms with Gasteiger partial charge in [0, 0.05) is 5.56 Å². The second-order valence-electron chi connectivity index (χ2n) is 4.07. The molecule has 2 atom stereocenters. The molecule has 16 heavy (non-hydrogen) atoms. The van der Waals surface area contributed by atoms with Gasteiger partial charge >= 0.3 is 0 Å². The molecule has 4 nitrogen and oxygen atoms in total. The molecule has 0 N–H and O–H groups in total. The third-order valence-electron chi connectivity index (χ3n) is 2.81. The quantitative estimate of drug-likeness (QED) is 0.732. The summed E-state index contributed by atoms with van der Waals surface area (Å²) < 4.78 is 7.19. The predicted molar refractivity (Wildman–Crippen MR) is 59.8 cm³/mol. The summed E-state index contributed by atoms with van der Waals surface area (Å²) in [6.45, 7) is 2.86. The topological polar surface area (TPSA) is 43.2 Å². The van der Waals surface area contributed by atoms with Crippen LogP contribution in [-0.2, 0) is 11.3 Å². The highest BCUT2D eigenvalue weighted by Gasteiger charge is 2.34. The highest BCUT2D eigenvalue weighted by atomic mass is 16.6. The molecule has 0 aliphatic carbocycles. The fraction of sp³-hybridized carbons (Fsp3) is 0.333. The molecule has 1 aromatic heterocycles.